The Hall–Kier alpha value is -1.65. The molecule has 0 spiro atoms. The van der Waals surface area contributed by atoms with Crippen molar-refractivity contribution >= 4 is 5.97 Å². The van der Waals surface area contributed by atoms with Gasteiger partial charge in [0, 0.05) is 5.92 Å². The smallest absolute Gasteiger partial charge is 0.335 e. The van der Waals surface area contributed by atoms with E-state index in [2.05, 4.69) is 40.0 Å². The lowest BCUT2D eigenvalue weighted by Crippen LogP contribution is -2.22. The quantitative estimate of drug-likeness (QED) is 0.112. The van der Waals surface area contributed by atoms with E-state index in [9.17, 15) is 9.90 Å². The Kier molecular flexibility index (Phi) is 13.1. The van der Waals surface area contributed by atoms with Gasteiger partial charge in [0.25, 0.3) is 0 Å². The van der Waals surface area contributed by atoms with Crippen LogP contribution < -0.4 is 0 Å². The molecule has 0 saturated heterocycles. The maximum absolute atomic E-state index is 12.0. The molecule has 35 heavy (non-hydrogen) atoms. The third-order valence-corrected chi connectivity index (χ3v) is 8.23. The number of hydrogen-bond donors (Lipinski definition) is 2. The number of hydrogen-bond acceptors (Lipinski definition) is 4. The van der Waals surface area contributed by atoms with Gasteiger partial charge in [-0.05, 0) is 50.4 Å². The molecule has 1 saturated carbocycles. The molecule has 1 fully saturated rings. The summed E-state index contributed by atoms with van der Waals surface area (Å²) in [5.41, 5.74) is 4.97. The SMILES string of the molecule is C=C(CO)CC(COC(=O)C(=C)CO)C1=CC(C)=C(CCC2CCC(CCCCC)CC2)[C@@H](C)C1. The van der Waals surface area contributed by atoms with Crippen LogP contribution in [-0.2, 0) is 9.53 Å². The van der Waals surface area contributed by atoms with Crippen LogP contribution in [0.15, 0.2) is 47.1 Å². The first-order valence-electron chi connectivity index (χ1n) is 13.9. The van der Waals surface area contributed by atoms with Crippen molar-refractivity contribution in [3.05, 3.63) is 47.1 Å². The number of allylic oxidation sites excluding steroid dienone is 3. The average molecular weight is 487 g/mol. The van der Waals surface area contributed by atoms with Gasteiger partial charge >= 0.3 is 5.97 Å². The van der Waals surface area contributed by atoms with Crippen LogP contribution in [0.5, 0.6) is 0 Å². The van der Waals surface area contributed by atoms with Crippen LogP contribution in [0.4, 0.5) is 0 Å². The minimum Gasteiger partial charge on any atom is -0.462 e. The van der Waals surface area contributed by atoms with E-state index >= 15 is 0 Å². The van der Waals surface area contributed by atoms with Gasteiger partial charge in [0.15, 0.2) is 0 Å². The summed E-state index contributed by atoms with van der Waals surface area (Å²) in [6.07, 6.45) is 17.5. The van der Waals surface area contributed by atoms with Crippen LogP contribution in [0, 0.1) is 23.7 Å². The fourth-order valence-electron chi connectivity index (χ4n) is 5.93. The molecule has 0 heterocycles. The predicted octanol–water partition coefficient (Wildman–Crippen LogP) is 7.08. The fourth-order valence-corrected chi connectivity index (χ4v) is 5.93. The molecule has 4 heteroatoms. The number of ether oxygens (including phenoxy) is 1. The van der Waals surface area contributed by atoms with Crippen LogP contribution in [0.3, 0.4) is 0 Å². The lowest BCUT2D eigenvalue weighted by Gasteiger charge is -2.32. The van der Waals surface area contributed by atoms with Crippen molar-refractivity contribution in [2.45, 2.75) is 97.8 Å². The third kappa shape index (κ3) is 9.73. The van der Waals surface area contributed by atoms with Crippen molar-refractivity contribution in [3.63, 3.8) is 0 Å². The van der Waals surface area contributed by atoms with Gasteiger partial charge in [-0.15, -0.1) is 0 Å². The van der Waals surface area contributed by atoms with Gasteiger partial charge in [0.1, 0.15) is 0 Å². The Morgan fingerprint density at radius 1 is 1.09 bits per heavy atom. The van der Waals surface area contributed by atoms with Crippen molar-refractivity contribution in [1.29, 1.82) is 0 Å². The second kappa shape index (κ2) is 15.5. The summed E-state index contributed by atoms with van der Waals surface area (Å²) >= 11 is 0. The van der Waals surface area contributed by atoms with Gasteiger partial charge in [-0.1, -0.05) is 107 Å². The number of aliphatic hydroxyl groups is 2. The van der Waals surface area contributed by atoms with E-state index in [1.54, 1.807) is 5.57 Å². The Morgan fingerprint density at radius 3 is 2.31 bits per heavy atom. The third-order valence-electron chi connectivity index (χ3n) is 8.23. The maximum Gasteiger partial charge on any atom is 0.335 e. The molecule has 1 unspecified atom stereocenters. The number of carbonyl (C=O) groups excluding carboxylic acids is 1. The summed E-state index contributed by atoms with van der Waals surface area (Å²) in [5, 5.41) is 18.7. The first-order valence-corrected chi connectivity index (χ1v) is 13.9. The molecule has 0 aromatic rings. The van der Waals surface area contributed by atoms with Crippen LogP contribution >= 0.6 is 0 Å². The van der Waals surface area contributed by atoms with Crippen LogP contribution in [0.1, 0.15) is 97.8 Å². The molecule has 2 atom stereocenters. The first-order chi connectivity index (χ1) is 16.8. The van der Waals surface area contributed by atoms with E-state index in [0.29, 0.717) is 12.3 Å². The average Bonchev–Trinajstić information content (AvgIpc) is 2.85. The fraction of sp³-hybridized carbons (Fsp3) is 0.710. The monoisotopic (exact) mass is 486 g/mol. The molecule has 0 radical (unpaired) electrons. The molecule has 0 amide bonds. The van der Waals surface area contributed by atoms with Gasteiger partial charge in [-0.2, -0.15) is 0 Å². The van der Waals surface area contributed by atoms with Gasteiger partial charge in [-0.3, -0.25) is 0 Å². The van der Waals surface area contributed by atoms with Gasteiger partial charge < -0.3 is 14.9 Å². The summed E-state index contributed by atoms with van der Waals surface area (Å²) in [6.45, 7) is 14.1. The molecule has 0 aliphatic heterocycles. The lowest BCUT2D eigenvalue weighted by atomic mass is 9.74. The Bertz CT molecular complexity index is 767. The van der Waals surface area contributed by atoms with Crippen LogP contribution in [0.25, 0.3) is 0 Å². The zero-order valence-corrected chi connectivity index (χ0v) is 22.6. The van der Waals surface area contributed by atoms with Crippen molar-refractivity contribution in [1.82, 2.24) is 0 Å². The minimum absolute atomic E-state index is 0.0213. The summed E-state index contributed by atoms with van der Waals surface area (Å²) in [6, 6.07) is 0. The highest BCUT2D eigenvalue weighted by molar-refractivity contribution is 5.87. The molecule has 2 aliphatic rings. The molecule has 2 rings (SSSR count). The zero-order valence-electron chi connectivity index (χ0n) is 22.6. The van der Waals surface area contributed by atoms with Gasteiger partial charge in [-0.25, -0.2) is 4.79 Å². The normalized spacial score (nSPS) is 23.6. The molecule has 0 bridgehead atoms. The molecular formula is C31H50O4. The maximum atomic E-state index is 12.0. The largest absolute Gasteiger partial charge is 0.462 e. The number of carbonyl (C=O) groups is 1. The van der Waals surface area contributed by atoms with E-state index in [1.165, 1.54) is 75.4 Å². The molecule has 4 nitrogen and oxygen atoms in total. The number of aliphatic hydroxyl groups excluding tert-OH is 2. The Morgan fingerprint density at radius 2 is 1.74 bits per heavy atom. The lowest BCUT2D eigenvalue weighted by molar-refractivity contribution is -0.140. The molecular weight excluding hydrogens is 436 g/mol. The molecule has 0 aromatic carbocycles. The van der Waals surface area contributed by atoms with E-state index < -0.39 is 12.6 Å². The van der Waals surface area contributed by atoms with E-state index in [4.69, 9.17) is 9.84 Å². The van der Waals surface area contributed by atoms with Crippen LogP contribution in [0.2, 0.25) is 0 Å². The summed E-state index contributed by atoms with van der Waals surface area (Å²) in [4.78, 5) is 12.0. The van der Waals surface area contributed by atoms with Crippen molar-refractivity contribution in [3.8, 4) is 0 Å². The summed E-state index contributed by atoms with van der Waals surface area (Å²) in [5.74, 6) is 1.71. The molecule has 2 N–H and O–H groups in total. The summed E-state index contributed by atoms with van der Waals surface area (Å²) in [7, 11) is 0. The van der Waals surface area contributed by atoms with Crippen LogP contribution in [-0.4, -0.2) is 36.0 Å². The highest BCUT2D eigenvalue weighted by atomic mass is 16.5. The number of unbranched alkanes of at least 4 members (excludes halogenated alkanes) is 2. The van der Waals surface area contributed by atoms with Crippen molar-refractivity contribution in [2.75, 3.05) is 19.8 Å². The predicted molar refractivity (Wildman–Crippen MR) is 145 cm³/mol. The van der Waals surface area contributed by atoms with Gasteiger partial charge in [0.05, 0.1) is 25.4 Å². The van der Waals surface area contributed by atoms with Gasteiger partial charge in [0.2, 0.25) is 0 Å². The van der Waals surface area contributed by atoms with E-state index in [0.717, 1.165) is 23.8 Å². The second-order valence-electron chi connectivity index (χ2n) is 11.1. The minimum atomic E-state index is -0.565. The standard InChI is InChI=1S/C31H50O4/c1-6-7-8-9-26-10-12-27(13-11-26)14-15-30-23(3)17-28(18-24(30)4)29(16-22(2)19-32)21-35-31(34)25(5)20-33/h17,24,26-27,29,32-33H,2,5-16,18-21H2,1,3-4H3/t24-,26?,27?,29?/m0/s1. The highest BCUT2D eigenvalue weighted by Gasteiger charge is 2.27. The van der Waals surface area contributed by atoms with Crippen molar-refractivity contribution < 1.29 is 19.7 Å². The second-order valence-corrected chi connectivity index (χ2v) is 11.1. The Balaban J connectivity index is 1.97. The topological polar surface area (TPSA) is 66.8 Å². The number of esters is 1. The van der Waals surface area contributed by atoms with E-state index in [-0.39, 0.29) is 24.7 Å². The van der Waals surface area contributed by atoms with E-state index in [1.807, 2.05) is 0 Å². The molecule has 198 valence electrons. The van der Waals surface area contributed by atoms with Crippen molar-refractivity contribution in [2.24, 2.45) is 23.7 Å². The molecule has 0 aromatic heterocycles. The highest BCUT2D eigenvalue weighted by Crippen LogP contribution is 2.40. The zero-order chi connectivity index (χ0) is 25.8. The Labute approximate surface area is 214 Å². The first kappa shape index (κ1) is 29.6. The number of rotatable bonds is 15. The molecule has 2 aliphatic carbocycles. The summed E-state index contributed by atoms with van der Waals surface area (Å²) < 4.78 is 5.44.